The highest BCUT2D eigenvalue weighted by atomic mass is 32.2. The van der Waals surface area contributed by atoms with Crippen molar-refractivity contribution in [3.05, 3.63) is 21.8 Å². The van der Waals surface area contributed by atoms with Gasteiger partial charge >= 0.3 is 5.97 Å². The molecular weight excluding hydrogens is 444 g/mol. The fraction of sp³-hybridized carbons (Fsp3) is 0.652. The molecule has 0 aromatic carbocycles. The van der Waals surface area contributed by atoms with Crippen LogP contribution in [0.5, 0.6) is 0 Å². The number of carbonyl (C=O) groups excluding carboxylic acids is 2. The van der Waals surface area contributed by atoms with Crippen LogP contribution in [0.1, 0.15) is 91.3 Å². The number of nitrogens with zero attached hydrogens (tertiary/aromatic N) is 3. The van der Waals surface area contributed by atoms with Gasteiger partial charge in [0.2, 0.25) is 5.91 Å². The Balaban J connectivity index is 1.46. The Morgan fingerprint density at radius 3 is 2.66 bits per heavy atom. The maximum absolute atomic E-state index is 12.8. The molecule has 0 unspecified atom stereocenters. The molecule has 1 amide bonds. The maximum atomic E-state index is 12.8. The predicted octanol–water partition coefficient (Wildman–Crippen LogP) is 5.19. The van der Waals surface area contributed by atoms with E-state index in [1.54, 1.807) is 0 Å². The molecule has 4 rings (SSSR count). The van der Waals surface area contributed by atoms with Gasteiger partial charge in [0.1, 0.15) is 10.8 Å². The third-order valence-corrected chi connectivity index (χ3v) is 8.44. The van der Waals surface area contributed by atoms with Crippen molar-refractivity contribution in [2.45, 2.75) is 89.3 Å². The monoisotopic (exact) mass is 476 g/mol. The molecule has 1 saturated carbocycles. The van der Waals surface area contributed by atoms with Crippen LogP contribution >= 0.6 is 23.1 Å². The fourth-order valence-electron chi connectivity index (χ4n) is 4.73. The van der Waals surface area contributed by atoms with Crippen LogP contribution in [0.15, 0.2) is 5.16 Å². The summed E-state index contributed by atoms with van der Waals surface area (Å²) in [6, 6.07) is 0. The van der Waals surface area contributed by atoms with E-state index in [1.165, 1.54) is 60.1 Å². The molecule has 2 aromatic rings. The van der Waals surface area contributed by atoms with Crippen LogP contribution in [-0.4, -0.2) is 39.0 Å². The molecule has 0 atom stereocenters. The Bertz CT molecular complexity index is 963. The first-order chi connectivity index (χ1) is 15.6. The van der Waals surface area contributed by atoms with E-state index in [4.69, 9.17) is 4.74 Å². The summed E-state index contributed by atoms with van der Waals surface area (Å²) in [6.45, 7) is 5.02. The Morgan fingerprint density at radius 2 is 1.91 bits per heavy atom. The van der Waals surface area contributed by atoms with Crippen molar-refractivity contribution in [1.82, 2.24) is 14.8 Å². The number of carbonyl (C=O) groups is 2. The van der Waals surface area contributed by atoms with E-state index in [9.17, 15) is 9.59 Å². The van der Waals surface area contributed by atoms with E-state index < -0.39 is 0 Å². The van der Waals surface area contributed by atoms with E-state index >= 15 is 0 Å². The zero-order chi connectivity index (χ0) is 22.5. The minimum Gasteiger partial charge on any atom is -0.462 e. The Morgan fingerprint density at radius 1 is 1.12 bits per heavy atom. The third-order valence-electron chi connectivity index (χ3n) is 6.27. The first-order valence-corrected chi connectivity index (χ1v) is 13.6. The predicted molar refractivity (Wildman–Crippen MR) is 128 cm³/mol. The molecule has 0 spiro atoms. The van der Waals surface area contributed by atoms with E-state index in [2.05, 4.69) is 27.0 Å². The molecule has 0 radical (unpaired) electrons. The largest absolute Gasteiger partial charge is 0.462 e. The minimum absolute atomic E-state index is 0.134. The average molecular weight is 477 g/mol. The van der Waals surface area contributed by atoms with Gasteiger partial charge in [-0.3, -0.25) is 4.79 Å². The zero-order valence-corrected chi connectivity index (χ0v) is 20.6. The van der Waals surface area contributed by atoms with Crippen molar-refractivity contribution in [3.8, 4) is 0 Å². The van der Waals surface area contributed by atoms with Gasteiger partial charge in [-0.25, -0.2) is 4.79 Å². The summed E-state index contributed by atoms with van der Waals surface area (Å²) in [6.07, 6.45) is 10.0. The highest BCUT2D eigenvalue weighted by molar-refractivity contribution is 7.99. The molecule has 2 heterocycles. The molecular formula is C23H32N4O3S2. The summed E-state index contributed by atoms with van der Waals surface area (Å²) >= 11 is 2.94. The molecule has 2 aromatic heterocycles. The van der Waals surface area contributed by atoms with Gasteiger partial charge in [-0.2, -0.15) is 0 Å². The van der Waals surface area contributed by atoms with Crippen LogP contribution in [0.3, 0.4) is 0 Å². The number of hydrogen-bond donors (Lipinski definition) is 1. The summed E-state index contributed by atoms with van der Waals surface area (Å²) in [4.78, 5) is 26.7. The number of aromatic nitrogens is 3. The molecule has 1 fully saturated rings. The van der Waals surface area contributed by atoms with Gasteiger partial charge in [-0.1, -0.05) is 31.0 Å². The van der Waals surface area contributed by atoms with Gasteiger partial charge in [0.05, 0.1) is 17.9 Å². The summed E-state index contributed by atoms with van der Waals surface area (Å²) in [5, 5.41) is 13.2. The second-order valence-electron chi connectivity index (χ2n) is 8.39. The summed E-state index contributed by atoms with van der Waals surface area (Å²) < 4.78 is 7.46. The SMILES string of the molecule is CCOC(=O)c1c(NC(=O)CSc2nnc(C3CCCC3)n2CC)sc2c1CCCCC2. The van der Waals surface area contributed by atoms with Gasteiger partial charge in [-0.05, 0) is 57.9 Å². The molecule has 2 aliphatic rings. The van der Waals surface area contributed by atoms with E-state index in [0.29, 0.717) is 23.1 Å². The van der Waals surface area contributed by atoms with Crippen LogP contribution in [-0.2, 0) is 28.9 Å². The number of thiophene rings is 1. The molecule has 0 saturated heterocycles. The van der Waals surface area contributed by atoms with Crippen molar-refractivity contribution >= 4 is 40.0 Å². The number of rotatable bonds is 8. The van der Waals surface area contributed by atoms with Gasteiger partial charge in [0.15, 0.2) is 5.16 Å². The van der Waals surface area contributed by atoms with Gasteiger partial charge < -0.3 is 14.6 Å². The highest BCUT2D eigenvalue weighted by Gasteiger charge is 2.27. The molecule has 7 nitrogen and oxygen atoms in total. The Hall–Kier alpha value is -1.87. The van der Waals surface area contributed by atoms with Crippen LogP contribution in [0.4, 0.5) is 5.00 Å². The number of ether oxygens (including phenoxy) is 1. The summed E-state index contributed by atoms with van der Waals surface area (Å²) in [5.41, 5.74) is 1.63. The maximum Gasteiger partial charge on any atom is 0.341 e. The van der Waals surface area contributed by atoms with E-state index in [1.807, 2.05) is 6.92 Å². The topological polar surface area (TPSA) is 86.1 Å². The summed E-state index contributed by atoms with van der Waals surface area (Å²) in [7, 11) is 0. The molecule has 174 valence electrons. The van der Waals surface area contributed by atoms with Crippen LogP contribution in [0.2, 0.25) is 0 Å². The second-order valence-corrected chi connectivity index (χ2v) is 10.4. The Labute approximate surface area is 197 Å². The van der Waals surface area contributed by atoms with Crippen LogP contribution < -0.4 is 5.32 Å². The van der Waals surface area contributed by atoms with Gasteiger partial charge in [0.25, 0.3) is 0 Å². The second kappa shape index (κ2) is 10.8. The lowest BCUT2D eigenvalue weighted by molar-refractivity contribution is -0.113. The third kappa shape index (κ3) is 5.03. The quantitative estimate of drug-likeness (QED) is 0.320. The van der Waals surface area contributed by atoms with Crippen molar-refractivity contribution < 1.29 is 14.3 Å². The number of esters is 1. The van der Waals surface area contributed by atoms with Crippen molar-refractivity contribution in [2.24, 2.45) is 0 Å². The average Bonchev–Trinajstić information content (AvgIpc) is 3.48. The first-order valence-electron chi connectivity index (χ1n) is 11.8. The molecule has 2 aliphatic carbocycles. The number of hydrogen-bond acceptors (Lipinski definition) is 7. The highest BCUT2D eigenvalue weighted by Crippen LogP contribution is 2.38. The van der Waals surface area contributed by atoms with Crippen molar-refractivity contribution in [2.75, 3.05) is 17.7 Å². The fourth-order valence-corrected chi connectivity index (χ4v) is 6.84. The lowest BCUT2D eigenvalue weighted by atomic mass is 10.1. The standard InChI is InChI=1S/C23H32N4O3S2/c1-3-27-20(15-10-8-9-11-15)25-26-23(27)31-14-18(28)24-21-19(22(29)30-4-2)16-12-6-5-7-13-17(16)32-21/h15H,3-14H2,1-2H3,(H,24,28). The number of aryl methyl sites for hydroxylation is 1. The molecule has 0 aliphatic heterocycles. The van der Waals surface area contributed by atoms with E-state index in [0.717, 1.165) is 48.8 Å². The number of fused-ring (bicyclic) bond motifs is 1. The van der Waals surface area contributed by atoms with Gasteiger partial charge in [-0.15, -0.1) is 21.5 Å². The lowest BCUT2D eigenvalue weighted by Crippen LogP contribution is -2.17. The first kappa shape index (κ1) is 23.3. The molecule has 9 heteroatoms. The number of thioether (sulfide) groups is 1. The minimum atomic E-state index is -0.332. The lowest BCUT2D eigenvalue weighted by Gasteiger charge is -2.11. The molecule has 1 N–H and O–H groups in total. The number of amides is 1. The number of nitrogens with one attached hydrogen (secondary N) is 1. The zero-order valence-electron chi connectivity index (χ0n) is 18.9. The van der Waals surface area contributed by atoms with Crippen molar-refractivity contribution in [3.63, 3.8) is 0 Å². The van der Waals surface area contributed by atoms with E-state index in [-0.39, 0.29) is 17.6 Å². The summed E-state index contributed by atoms with van der Waals surface area (Å²) in [5.74, 6) is 1.30. The Kier molecular flexibility index (Phi) is 7.88. The normalized spacial score (nSPS) is 16.6. The molecule has 32 heavy (non-hydrogen) atoms. The van der Waals surface area contributed by atoms with Crippen molar-refractivity contribution in [1.29, 1.82) is 0 Å². The smallest absolute Gasteiger partial charge is 0.341 e. The van der Waals surface area contributed by atoms with Crippen LogP contribution in [0, 0.1) is 0 Å². The molecule has 0 bridgehead atoms. The number of anilines is 1. The van der Waals surface area contributed by atoms with Crippen LogP contribution in [0.25, 0.3) is 0 Å². The van der Waals surface area contributed by atoms with Gasteiger partial charge in [0, 0.05) is 17.3 Å².